The first kappa shape index (κ1) is 11.8. The lowest BCUT2D eigenvalue weighted by Crippen LogP contribution is -2.34. The normalized spacial score (nSPS) is 17.8. The molecular weight excluding hydrogens is 234 g/mol. The lowest BCUT2D eigenvalue weighted by atomic mass is 10.0. The van der Waals surface area contributed by atoms with Crippen LogP contribution in [0.4, 0.5) is 10.5 Å². The zero-order chi connectivity index (χ0) is 13.1. The molecule has 1 aromatic carbocycles. The van der Waals surface area contributed by atoms with Gasteiger partial charge in [0.25, 0.3) is 5.69 Å². The third kappa shape index (κ3) is 2.22. The minimum absolute atomic E-state index is 0.0136. The van der Waals surface area contributed by atoms with Gasteiger partial charge >= 0.3 is 6.03 Å². The minimum atomic E-state index is -0.570. The number of non-ortho nitro benzene ring substituents is 1. The van der Waals surface area contributed by atoms with E-state index in [1.807, 2.05) is 0 Å². The molecule has 0 aliphatic carbocycles. The molecule has 6 nitrogen and oxygen atoms in total. The minimum Gasteiger partial charge on any atom is -0.351 e. The number of hydrogen-bond acceptors (Lipinski definition) is 3. The second kappa shape index (κ2) is 4.70. The molecule has 6 heteroatoms. The van der Waals surface area contributed by atoms with Crippen LogP contribution in [0.25, 0.3) is 0 Å². The lowest BCUT2D eigenvalue weighted by Gasteiger charge is -2.26. The monoisotopic (exact) mass is 245 g/mol. The average Bonchev–Trinajstić information content (AvgIpc) is 2.39. The van der Waals surface area contributed by atoms with Gasteiger partial charge in [-0.1, -0.05) is 12.2 Å². The van der Waals surface area contributed by atoms with Crippen LogP contribution in [-0.4, -0.2) is 15.9 Å². The largest absolute Gasteiger partial charge is 0.351 e. The summed E-state index contributed by atoms with van der Waals surface area (Å²) in [5.41, 5.74) is 6.04. The fourth-order valence-electron chi connectivity index (χ4n) is 1.77. The Morgan fingerprint density at radius 2 is 1.94 bits per heavy atom. The number of hydrogen-bond donors (Lipinski definition) is 1. The van der Waals surface area contributed by atoms with Gasteiger partial charge in [0.15, 0.2) is 0 Å². The van der Waals surface area contributed by atoms with Gasteiger partial charge in [0.1, 0.15) is 0 Å². The zero-order valence-corrected chi connectivity index (χ0v) is 9.39. The number of benzene rings is 1. The van der Waals surface area contributed by atoms with Crippen molar-refractivity contribution in [2.24, 2.45) is 5.73 Å². The van der Waals surface area contributed by atoms with Crippen molar-refractivity contribution >= 4 is 11.7 Å². The van der Waals surface area contributed by atoms with Crippen molar-refractivity contribution in [3.8, 4) is 0 Å². The number of nitrogens with two attached hydrogens (primary N) is 1. The summed E-state index contributed by atoms with van der Waals surface area (Å²) in [4.78, 5) is 22.7. The molecule has 0 bridgehead atoms. The molecule has 92 valence electrons. The summed E-state index contributed by atoms with van der Waals surface area (Å²) >= 11 is 0. The van der Waals surface area contributed by atoms with Gasteiger partial charge in [0.2, 0.25) is 0 Å². The number of primary amides is 1. The molecule has 0 fully saturated rings. The van der Waals surface area contributed by atoms with E-state index in [0.29, 0.717) is 0 Å². The first-order valence-corrected chi connectivity index (χ1v) is 5.26. The van der Waals surface area contributed by atoms with Gasteiger partial charge in [0, 0.05) is 18.3 Å². The van der Waals surface area contributed by atoms with Crippen molar-refractivity contribution in [2.75, 3.05) is 0 Å². The second-order valence-electron chi connectivity index (χ2n) is 3.77. The summed E-state index contributed by atoms with van der Waals surface area (Å²) in [5.74, 6) is 0. The van der Waals surface area contributed by atoms with Crippen LogP contribution in [0, 0.1) is 10.1 Å². The summed E-state index contributed by atoms with van der Waals surface area (Å²) in [5, 5.41) is 10.6. The predicted octanol–water partition coefficient (Wildman–Crippen LogP) is 2.10. The smallest absolute Gasteiger partial charge is 0.319 e. The summed E-state index contributed by atoms with van der Waals surface area (Å²) in [6.45, 7) is 0. The molecule has 1 unspecified atom stereocenters. The summed E-state index contributed by atoms with van der Waals surface area (Å²) in [7, 11) is 0. The van der Waals surface area contributed by atoms with E-state index in [1.165, 1.54) is 17.0 Å². The summed E-state index contributed by atoms with van der Waals surface area (Å²) in [6.07, 6.45) is 6.87. The number of rotatable bonds is 2. The summed E-state index contributed by atoms with van der Waals surface area (Å²) < 4.78 is 0. The molecule has 0 spiro atoms. The zero-order valence-electron chi connectivity index (χ0n) is 9.39. The van der Waals surface area contributed by atoms with Crippen molar-refractivity contribution in [1.29, 1.82) is 0 Å². The molecule has 0 saturated carbocycles. The molecule has 2 N–H and O–H groups in total. The number of nitro benzene ring substituents is 1. The Labute approximate surface area is 103 Å². The molecule has 1 aliphatic rings. The third-order valence-corrected chi connectivity index (χ3v) is 2.65. The van der Waals surface area contributed by atoms with Crippen molar-refractivity contribution in [2.45, 2.75) is 6.04 Å². The highest BCUT2D eigenvalue weighted by molar-refractivity contribution is 5.74. The highest BCUT2D eigenvalue weighted by atomic mass is 16.6. The van der Waals surface area contributed by atoms with Crippen LogP contribution >= 0.6 is 0 Å². The number of carbonyl (C=O) groups excluding carboxylic acids is 1. The number of amides is 2. The van der Waals surface area contributed by atoms with Crippen LogP contribution in [-0.2, 0) is 0 Å². The van der Waals surface area contributed by atoms with Crippen LogP contribution < -0.4 is 5.73 Å². The van der Waals surface area contributed by atoms with E-state index in [-0.39, 0.29) is 11.7 Å². The van der Waals surface area contributed by atoms with Crippen molar-refractivity contribution in [3.05, 3.63) is 64.4 Å². The fraction of sp³-hybridized carbons (Fsp3) is 0.0833. The van der Waals surface area contributed by atoms with Gasteiger partial charge in [0.05, 0.1) is 11.0 Å². The van der Waals surface area contributed by atoms with Crippen molar-refractivity contribution < 1.29 is 9.72 Å². The number of urea groups is 1. The van der Waals surface area contributed by atoms with E-state index >= 15 is 0 Å². The van der Waals surface area contributed by atoms with Crippen LogP contribution in [0.3, 0.4) is 0 Å². The maximum atomic E-state index is 11.3. The third-order valence-electron chi connectivity index (χ3n) is 2.65. The number of allylic oxidation sites excluding steroid dienone is 2. The maximum absolute atomic E-state index is 11.3. The van der Waals surface area contributed by atoms with Crippen LogP contribution in [0.5, 0.6) is 0 Å². The number of carbonyl (C=O) groups is 1. The highest BCUT2D eigenvalue weighted by Gasteiger charge is 2.21. The van der Waals surface area contributed by atoms with Gasteiger partial charge in [-0.25, -0.2) is 4.79 Å². The predicted molar refractivity (Wildman–Crippen MR) is 65.5 cm³/mol. The van der Waals surface area contributed by atoms with E-state index in [1.54, 1.807) is 36.6 Å². The molecule has 2 amide bonds. The Balaban J connectivity index is 2.30. The Morgan fingerprint density at radius 3 is 2.50 bits per heavy atom. The lowest BCUT2D eigenvalue weighted by molar-refractivity contribution is -0.384. The Morgan fingerprint density at radius 1 is 1.28 bits per heavy atom. The van der Waals surface area contributed by atoms with E-state index < -0.39 is 11.0 Å². The van der Waals surface area contributed by atoms with Crippen LogP contribution in [0.1, 0.15) is 11.6 Å². The van der Waals surface area contributed by atoms with E-state index in [4.69, 9.17) is 5.73 Å². The molecule has 0 saturated heterocycles. The molecule has 1 heterocycles. The maximum Gasteiger partial charge on any atom is 0.319 e. The Hall–Kier alpha value is -2.63. The Bertz CT molecular complexity index is 534. The molecule has 1 atom stereocenters. The SMILES string of the molecule is NC(=O)N1C=CC=CC1c1ccc([N+](=O)[O-])cc1. The molecule has 0 aromatic heterocycles. The standard InChI is InChI=1S/C12H11N3O3/c13-12(16)14-8-2-1-3-11(14)9-4-6-10(7-5-9)15(17)18/h1-8,11H,(H2,13,16). The molecule has 18 heavy (non-hydrogen) atoms. The van der Waals surface area contributed by atoms with Gasteiger partial charge in [-0.3, -0.25) is 15.0 Å². The van der Waals surface area contributed by atoms with Gasteiger partial charge < -0.3 is 5.73 Å². The fourth-order valence-corrected chi connectivity index (χ4v) is 1.77. The Kier molecular flexibility index (Phi) is 3.09. The van der Waals surface area contributed by atoms with Crippen LogP contribution in [0.2, 0.25) is 0 Å². The average molecular weight is 245 g/mol. The topological polar surface area (TPSA) is 89.5 Å². The second-order valence-corrected chi connectivity index (χ2v) is 3.77. The van der Waals surface area contributed by atoms with Gasteiger partial charge in [-0.15, -0.1) is 0 Å². The summed E-state index contributed by atoms with van der Waals surface area (Å²) in [6, 6.07) is 5.14. The number of nitrogens with zero attached hydrogens (tertiary/aromatic N) is 2. The molecule has 0 radical (unpaired) electrons. The van der Waals surface area contributed by atoms with Crippen molar-refractivity contribution in [1.82, 2.24) is 4.90 Å². The van der Waals surface area contributed by atoms with E-state index in [0.717, 1.165) is 5.56 Å². The number of nitro groups is 1. The molecule has 1 aliphatic heterocycles. The van der Waals surface area contributed by atoms with Gasteiger partial charge in [-0.2, -0.15) is 0 Å². The van der Waals surface area contributed by atoms with E-state index in [9.17, 15) is 14.9 Å². The van der Waals surface area contributed by atoms with E-state index in [2.05, 4.69) is 0 Å². The highest BCUT2D eigenvalue weighted by Crippen LogP contribution is 2.26. The quantitative estimate of drug-likeness (QED) is 0.639. The molecule has 1 aromatic rings. The first-order chi connectivity index (χ1) is 8.59. The molecular formula is C12H11N3O3. The molecule has 2 rings (SSSR count). The van der Waals surface area contributed by atoms with Crippen molar-refractivity contribution in [3.63, 3.8) is 0 Å². The first-order valence-electron chi connectivity index (χ1n) is 5.26. The van der Waals surface area contributed by atoms with Crippen LogP contribution in [0.15, 0.2) is 48.7 Å². The van der Waals surface area contributed by atoms with Gasteiger partial charge in [-0.05, 0) is 23.8 Å².